The van der Waals surface area contributed by atoms with Crippen LogP contribution in [0, 0.1) is 13.8 Å². The van der Waals surface area contributed by atoms with Gasteiger partial charge in [0.05, 0.1) is 16.3 Å². The first-order valence-corrected chi connectivity index (χ1v) is 6.85. The lowest BCUT2D eigenvalue weighted by Gasteiger charge is -2.10. The number of anilines is 1. The Morgan fingerprint density at radius 3 is 2.78 bits per heavy atom. The maximum absolute atomic E-state index is 10.1. The van der Waals surface area contributed by atoms with Gasteiger partial charge in [-0.3, -0.25) is 5.32 Å². The SMILES string of the molecule is Cc1nnc2sc(C(O)NC3CC3)c(N)c2c1C. The fraction of sp³-hybridized carbons (Fsp3) is 0.500. The molecule has 4 N–H and O–H groups in total. The summed E-state index contributed by atoms with van der Waals surface area (Å²) >= 11 is 1.41. The number of nitrogens with two attached hydrogens (primary N) is 1. The number of hydrogen-bond donors (Lipinski definition) is 3. The molecule has 1 aliphatic carbocycles. The van der Waals surface area contributed by atoms with Crippen LogP contribution in [0.5, 0.6) is 0 Å². The van der Waals surface area contributed by atoms with Gasteiger partial charge in [0.1, 0.15) is 11.1 Å². The number of fused-ring (bicyclic) bond motifs is 1. The lowest BCUT2D eigenvalue weighted by molar-refractivity contribution is 0.141. The lowest BCUT2D eigenvalue weighted by atomic mass is 10.1. The zero-order valence-electron chi connectivity index (χ0n) is 10.4. The summed E-state index contributed by atoms with van der Waals surface area (Å²) in [7, 11) is 0. The number of thiophene rings is 1. The molecule has 18 heavy (non-hydrogen) atoms. The predicted molar refractivity (Wildman–Crippen MR) is 72.4 cm³/mol. The molecule has 96 valence electrons. The second-order valence-corrected chi connectivity index (χ2v) is 5.84. The maximum atomic E-state index is 10.1. The normalized spacial score (nSPS) is 17.3. The van der Waals surface area contributed by atoms with Crippen molar-refractivity contribution in [1.29, 1.82) is 0 Å². The molecule has 1 unspecified atom stereocenters. The molecule has 0 aliphatic heterocycles. The Morgan fingerprint density at radius 1 is 1.39 bits per heavy atom. The van der Waals surface area contributed by atoms with Gasteiger partial charge in [-0.25, -0.2) is 0 Å². The van der Waals surface area contributed by atoms with E-state index in [0.717, 1.165) is 39.2 Å². The van der Waals surface area contributed by atoms with Gasteiger partial charge in [-0.15, -0.1) is 16.4 Å². The van der Waals surface area contributed by atoms with E-state index in [4.69, 9.17) is 5.73 Å². The molecule has 1 saturated carbocycles. The van der Waals surface area contributed by atoms with Crippen LogP contribution in [-0.2, 0) is 0 Å². The molecule has 3 rings (SSSR count). The highest BCUT2D eigenvalue weighted by Gasteiger charge is 2.27. The molecular formula is C12H16N4OS. The Bertz CT molecular complexity index is 606. The monoisotopic (exact) mass is 264 g/mol. The van der Waals surface area contributed by atoms with Crippen molar-refractivity contribution < 1.29 is 5.11 Å². The number of nitrogens with zero attached hydrogens (tertiary/aromatic N) is 2. The van der Waals surface area contributed by atoms with Crippen molar-refractivity contribution in [1.82, 2.24) is 15.5 Å². The van der Waals surface area contributed by atoms with Gasteiger partial charge in [-0.05, 0) is 32.3 Å². The third-order valence-electron chi connectivity index (χ3n) is 3.38. The van der Waals surface area contributed by atoms with E-state index in [-0.39, 0.29) is 0 Å². The van der Waals surface area contributed by atoms with Gasteiger partial charge in [0.15, 0.2) is 0 Å². The first-order chi connectivity index (χ1) is 8.58. The molecule has 0 amide bonds. The van der Waals surface area contributed by atoms with Gasteiger partial charge in [-0.2, -0.15) is 5.10 Å². The first-order valence-electron chi connectivity index (χ1n) is 6.03. The molecule has 1 aliphatic rings. The summed E-state index contributed by atoms with van der Waals surface area (Å²) in [5, 5.41) is 22.5. The van der Waals surface area contributed by atoms with Crippen LogP contribution in [0.25, 0.3) is 10.2 Å². The van der Waals surface area contributed by atoms with Crippen molar-refractivity contribution in [3.05, 3.63) is 16.1 Å². The molecule has 6 heteroatoms. The molecule has 2 aromatic rings. The number of nitrogen functional groups attached to an aromatic ring is 1. The fourth-order valence-corrected chi connectivity index (χ4v) is 3.06. The van der Waals surface area contributed by atoms with E-state index in [9.17, 15) is 5.11 Å². The number of hydrogen-bond acceptors (Lipinski definition) is 6. The van der Waals surface area contributed by atoms with Crippen LogP contribution in [0.3, 0.4) is 0 Å². The highest BCUT2D eigenvalue weighted by atomic mass is 32.1. The number of aryl methyl sites for hydroxylation is 2. The number of rotatable bonds is 3. The summed E-state index contributed by atoms with van der Waals surface area (Å²) in [6.07, 6.45) is 1.55. The molecule has 0 saturated heterocycles. The van der Waals surface area contributed by atoms with Crippen molar-refractivity contribution in [2.24, 2.45) is 0 Å². The molecule has 2 heterocycles. The summed E-state index contributed by atoms with van der Waals surface area (Å²) in [5.74, 6) is 0. The van der Waals surface area contributed by atoms with Crippen molar-refractivity contribution >= 4 is 27.2 Å². The summed E-state index contributed by atoms with van der Waals surface area (Å²) in [6, 6.07) is 0.429. The van der Waals surface area contributed by atoms with Gasteiger partial charge in [0, 0.05) is 11.4 Å². The molecule has 0 aromatic carbocycles. The zero-order chi connectivity index (χ0) is 12.9. The van der Waals surface area contributed by atoms with Gasteiger partial charge >= 0.3 is 0 Å². The predicted octanol–water partition coefficient (Wildman–Crippen LogP) is 1.63. The largest absolute Gasteiger partial charge is 0.397 e. The van der Waals surface area contributed by atoms with Crippen LogP contribution in [0.2, 0.25) is 0 Å². The topological polar surface area (TPSA) is 84.1 Å². The van der Waals surface area contributed by atoms with Crippen LogP contribution in [0.1, 0.15) is 35.2 Å². The highest BCUT2D eigenvalue weighted by molar-refractivity contribution is 7.19. The molecule has 0 radical (unpaired) electrons. The van der Waals surface area contributed by atoms with E-state index in [0.29, 0.717) is 11.7 Å². The minimum Gasteiger partial charge on any atom is -0.397 e. The van der Waals surface area contributed by atoms with Gasteiger partial charge < -0.3 is 10.8 Å². The number of nitrogens with one attached hydrogen (secondary N) is 1. The standard InChI is InChI=1S/C12H16N4OS/c1-5-6(2)15-16-12-8(5)9(13)10(18-12)11(17)14-7-3-4-7/h7,11,14,17H,3-4,13H2,1-2H3. The molecule has 0 spiro atoms. The fourth-order valence-electron chi connectivity index (χ4n) is 2.01. The molecule has 2 aromatic heterocycles. The maximum Gasteiger partial charge on any atom is 0.148 e. The van der Waals surface area contributed by atoms with E-state index < -0.39 is 6.23 Å². The molecule has 5 nitrogen and oxygen atoms in total. The molecule has 1 fully saturated rings. The van der Waals surface area contributed by atoms with E-state index >= 15 is 0 Å². The average molecular weight is 264 g/mol. The van der Waals surface area contributed by atoms with E-state index in [2.05, 4.69) is 15.5 Å². The third-order valence-corrected chi connectivity index (χ3v) is 4.53. The second-order valence-electron chi connectivity index (χ2n) is 4.81. The lowest BCUT2D eigenvalue weighted by Crippen LogP contribution is -2.22. The molecule has 1 atom stereocenters. The van der Waals surface area contributed by atoms with Crippen molar-refractivity contribution in [2.75, 3.05) is 5.73 Å². The zero-order valence-corrected chi connectivity index (χ0v) is 11.2. The number of aliphatic hydroxyl groups is 1. The van der Waals surface area contributed by atoms with Crippen LogP contribution in [0.4, 0.5) is 5.69 Å². The number of aromatic nitrogens is 2. The summed E-state index contributed by atoms with van der Waals surface area (Å²) in [6.45, 7) is 3.90. The van der Waals surface area contributed by atoms with Crippen LogP contribution < -0.4 is 11.1 Å². The summed E-state index contributed by atoms with van der Waals surface area (Å²) in [5.41, 5.74) is 8.70. The summed E-state index contributed by atoms with van der Waals surface area (Å²) in [4.78, 5) is 1.54. The van der Waals surface area contributed by atoms with Crippen LogP contribution >= 0.6 is 11.3 Å². The van der Waals surface area contributed by atoms with Crippen LogP contribution in [0.15, 0.2) is 0 Å². The third kappa shape index (κ3) is 1.86. The minimum absolute atomic E-state index is 0.429. The van der Waals surface area contributed by atoms with Crippen molar-refractivity contribution in [3.63, 3.8) is 0 Å². The van der Waals surface area contributed by atoms with Gasteiger partial charge in [-0.1, -0.05) is 0 Å². The minimum atomic E-state index is -0.698. The van der Waals surface area contributed by atoms with Crippen LogP contribution in [-0.4, -0.2) is 21.3 Å². The van der Waals surface area contributed by atoms with Crippen molar-refractivity contribution in [2.45, 2.75) is 39.0 Å². The van der Waals surface area contributed by atoms with E-state index in [1.54, 1.807) is 0 Å². The Morgan fingerprint density at radius 2 is 2.11 bits per heavy atom. The van der Waals surface area contributed by atoms with Gasteiger partial charge in [0.25, 0.3) is 0 Å². The molecule has 0 bridgehead atoms. The van der Waals surface area contributed by atoms with E-state index in [1.807, 2.05) is 13.8 Å². The van der Waals surface area contributed by atoms with Crippen molar-refractivity contribution in [3.8, 4) is 0 Å². The van der Waals surface area contributed by atoms with Gasteiger partial charge in [0.2, 0.25) is 0 Å². The quantitative estimate of drug-likeness (QED) is 0.734. The first kappa shape index (κ1) is 11.8. The highest BCUT2D eigenvalue weighted by Crippen LogP contribution is 2.38. The molecular weight excluding hydrogens is 248 g/mol. The Hall–Kier alpha value is -1.24. The Balaban J connectivity index is 2.07. The smallest absolute Gasteiger partial charge is 0.148 e. The average Bonchev–Trinajstić information content (AvgIpc) is 3.07. The Kier molecular flexibility index (Phi) is 2.73. The van der Waals surface area contributed by atoms with E-state index in [1.165, 1.54) is 11.3 Å². The summed E-state index contributed by atoms with van der Waals surface area (Å²) < 4.78 is 0. The second kappa shape index (κ2) is 4.15. The Labute approximate surface area is 109 Å². The number of aliphatic hydroxyl groups excluding tert-OH is 1.